The fraction of sp³-hybridized carbons (Fsp3) is 0.692. The van der Waals surface area contributed by atoms with Crippen LogP contribution in [0.4, 0.5) is 5.82 Å². The molecular weight excluding hydrogens is 278 g/mol. The number of hydrogen-bond donors (Lipinski definition) is 1. The van der Waals surface area contributed by atoms with Gasteiger partial charge in [0.05, 0.1) is 10.2 Å². The zero-order valence-corrected chi connectivity index (χ0v) is 11.7. The first kappa shape index (κ1) is 11.5. The minimum atomic E-state index is 0.547. The lowest BCUT2D eigenvalue weighted by Crippen LogP contribution is -2.07. The molecule has 2 unspecified atom stereocenters. The standard InChI is InChI=1S/C13H18BrN3/c1-7-6-9(7)13-16-11(8-4-2-3-5-8)10(14)12(15)17-13/h7-9H,2-6H2,1H3,(H2,15,16,17). The van der Waals surface area contributed by atoms with Crippen molar-refractivity contribution in [2.24, 2.45) is 5.92 Å². The lowest BCUT2D eigenvalue weighted by Gasteiger charge is -2.13. The van der Waals surface area contributed by atoms with Crippen LogP contribution in [0.25, 0.3) is 0 Å². The monoisotopic (exact) mass is 295 g/mol. The Bertz CT molecular complexity index is 441. The van der Waals surface area contributed by atoms with E-state index in [9.17, 15) is 0 Å². The van der Waals surface area contributed by atoms with Crippen molar-refractivity contribution in [2.75, 3.05) is 5.73 Å². The Morgan fingerprint density at radius 3 is 2.47 bits per heavy atom. The molecule has 4 heteroatoms. The van der Waals surface area contributed by atoms with Gasteiger partial charge in [0.15, 0.2) is 0 Å². The van der Waals surface area contributed by atoms with Crippen molar-refractivity contribution in [3.8, 4) is 0 Å². The first-order valence-corrected chi connectivity index (χ1v) is 7.29. The van der Waals surface area contributed by atoms with Gasteiger partial charge in [-0.1, -0.05) is 19.8 Å². The van der Waals surface area contributed by atoms with Crippen LogP contribution in [0.15, 0.2) is 4.47 Å². The molecule has 2 N–H and O–H groups in total. The largest absolute Gasteiger partial charge is 0.383 e. The average Bonchev–Trinajstić information content (AvgIpc) is 2.81. The van der Waals surface area contributed by atoms with E-state index in [0.29, 0.717) is 17.7 Å². The highest BCUT2D eigenvalue weighted by molar-refractivity contribution is 9.10. The smallest absolute Gasteiger partial charge is 0.141 e. The lowest BCUT2D eigenvalue weighted by atomic mass is 10.0. The maximum atomic E-state index is 6.00. The quantitative estimate of drug-likeness (QED) is 0.907. The van der Waals surface area contributed by atoms with Crippen LogP contribution < -0.4 is 5.73 Å². The molecular formula is C13H18BrN3. The number of hydrogen-bond acceptors (Lipinski definition) is 3. The number of nitrogen functional groups attached to an aromatic ring is 1. The van der Waals surface area contributed by atoms with Gasteiger partial charge >= 0.3 is 0 Å². The average molecular weight is 296 g/mol. The number of rotatable bonds is 2. The summed E-state index contributed by atoms with van der Waals surface area (Å²) in [7, 11) is 0. The van der Waals surface area contributed by atoms with Gasteiger partial charge in [-0.25, -0.2) is 9.97 Å². The van der Waals surface area contributed by atoms with E-state index in [2.05, 4.69) is 27.8 Å². The number of nitrogens with zero attached hydrogens (tertiary/aromatic N) is 2. The van der Waals surface area contributed by atoms with Crippen LogP contribution in [-0.2, 0) is 0 Å². The number of halogens is 1. The fourth-order valence-electron chi connectivity index (χ4n) is 2.82. The van der Waals surface area contributed by atoms with E-state index in [1.807, 2.05) is 0 Å². The maximum absolute atomic E-state index is 6.00. The van der Waals surface area contributed by atoms with Gasteiger partial charge < -0.3 is 5.73 Å². The van der Waals surface area contributed by atoms with Crippen molar-refractivity contribution < 1.29 is 0 Å². The summed E-state index contributed by atoms with van der Waals surface area (Å²) in [6.07, 6.45) is 6.33. The Morgan fingerprint density at radius 2 is 1.88 bits per heavy atom. The van der Waals surface area contributed by atoms with Crippen LogP contribution in [0, 0.1) is 5.92 Å². The topological polar surface area (TPSA) is 51.8 Å². The normalized spacial score (nSPS) is 28.6. The Hall–Kier alpha value is -0.640. The molecule has 0 saturated heterocycles. The van der Waals surface area contributed by atoms with Crippen LogP contribution in [0.5, 0.6) is 0 Å². The van der Waals surface area contributed by atoms with E-state index >= 15 is 0 Å². The van der Waals surface area contributed by atoms with Crippen LogP contribution in [0.3, 0.4) is 0 Å². The van der Waals surface area contributed by atoms with Gasteiger partial charge in [-0.15, -0.1) is 0 Å². The molecule has 1 aromatic heterocycles. The predicted octanol–water partition coefficient (Wildman–Crippen LogP) is 3.60. The minimum Gasteiger partial charge on any atom is -0.383 e. The molecule has 92 valence electrons. The Morgan fingerprint density at radius 1 is 1.24 bits per heavy atom. The Kier molecular flexibility index (Phi) is 2.85. The highest BCUT2D eigenvalue weighted by Gasteiger charge is 2.37. The van der Waals surface area contributed by atoms with Crippen molar-refractivity contribution in [1.82, 2.24) is 9.97 Å². The molecule has 2 atom stereocenters. The molecule has 3 rings (SSSR count). The SMILES string of the molecule is CC1CC1c1nc(N)c(Br)c(C2CCCC2)n1. The van der Waals surface area contributed by atoms with E-state index in [1.54, 1.807) is 0 Å². The van der Waals surface area contributed by atoms with Gasteiger partial charge in [0.2, 0.25) is 0 Å². The van der Waals surface area contributed by atoms with E-state index in [0.717, 1.165) is 21.9 Å². The zero-order valence-electron chi connectivity index (χ0n) is 10.1. The van der Waals surface area contributed by atoms with Crippen molar-refractivity contribution >= 4 is 21.7 Å². The van der Waals surface area contributed by atoms with Gasteiger partial charge in [-0.05, 0) is 41.1 Å². The Balaban J connectivity index is 1.97. The summed E-state index contributed by atoms with van der Waals surface area (Å²) in [6.45, 7) is 2.25. The van der Waals surface area contributed by atoms with Crippen LogP contribution in [0.2, 0.25) is 0 Å². The molecule has 2 saturated carbocycles. The zero-order chi connectivity index (χ0) is 12.0. The molecule has 0 aliphatic heterocycles. The first-order valence-electron chi connectivity index (χ1n) is 6.49. The second-order valence-electron chi connectivity index (χ2n) is 5.47. The molecule has 0 radical (unpaired) electrons. The van der Waals surface area contributed by atoms with Gasteiger partial charge in [-0.3, -0.25) is 0 Å². The van der Waals surface area contributed by atoms with Gasteiger partial charge in [0.1, 0.15) is 11.6 Å². The molecule has 0 spiro atoms. The number of nitrogens with two attached hydrogens (primary N) is 1. The summed E-state index contributed by atoms with van der Waals surface area (Å²) in [5.74, 6) is 3.45. The van der Waals surface area contributed by atoms with Gasteiger partial charge in [0.25, 0.3) is 0 Å². The number of anilines is 1. The summed E-state index contributed by atoms with van der Waals surface area (Å²) in [5.41, 5.74) is 7.16. The van der Waals surface area contributed by atoms with Crippen LogP contribution in [0.1, 0.15) is 62.4 Å². The van der Waals surface area contributed by atoms with Gasteiger partial charge in [-0.2, -0.15) is 0 Å². The molecule has 17 heavy (non-hydrogen) atoms. The molecule has 2 aliphatic carbocycles. The van der Waals surface area contributed by atoms with E-state index in [4.69, 9.17) is 10.7 Å². The first-order chi connectivity index (χ1) is 8.16. The molecule has 0 aromatic carbocycles. The second-order valence-corrected chi connectivity index (χ2v) is 6.26. The summed E-state index contributed by atoms with van der Waals surface area (Å²) in [4.78, 5) is 9.23. The number of aromatic nitrogens is 2. The van der Waals surface area contributed by atoms with Crippen molar-refractivity contribution in [3.05, 3.63) is 16.0 Å². The van der Waals surface area contributed by atoms with E-state index in [-0.39, 0.29) is 0 Å². The van der Waals surface area contributed by atoms with Crippen molar-refractivity contribution in [1.29, 1.82) is 0 Å². The van der Waals surface area contributed by atoms with E-state index in [1.165, 1.54) is 32.1 Å². The third-order valence-corrected chi connectivity index (χ3v) is 4.92. The minimum absolute atomic E-state index is 0.547. The van der Waals surface area contributed by atoms with Crippen LogP contribution >= 0.6 is 15.9 Å². The van der Waals surface area contributed by atoms with E-state index < -0.39 is 0 Å². The molecule has 0 amide bonds. The summed E-state index contributed by atoms with van der Waals surface area (Å²) >= 11 is 3.56. The predicted molar refractivity (Wildman–Crippen MR) is 71.9 cm³/mol. The maximum Gasteiger partial charge on any atom is 0.141 e. The summed E-state index contributed by atoms with van der Waals surface area (Å²) in [5, 5.41) is 0. The molecule has 3 nitrogen and oxygen atoms in total. The lowest BCUT2D eigenvalue weighted by molar-refractivity contribution is 0.676. The summed E-state index contributed by atoms with van der Waals surface area (Å²) < 4.78 is 0.932. The second kappa shape index (κ2) is 4.23. The third-order valence-electron chi connectivity index (χ3n) is 4.10. The molecule has 1 aromatic rings. The van der Waals surface area contributed by atoms with Crippen molar-refractivity contribution in [2.45, 2.75) is 50.9 Å². The highest BCUT2D eigenvalue weighted by atomic mass is 79.9. The summed E-state index contributed by atoms with van der Waals surface area (Å²) in [6, 6.07) is 0. The van der Waals surface area contributed by atoms with Crippen LogP contribution in [-0.4, -0.2) is 9.97 Å². The third kappa shape index (κ3) is 2.07. The fourth-order valence-corrected chi connectivity index (χ4v) is 3.32. The molecule has 1 heterocycles. The van der Waals surface area contributed by atoms with Crippen molar-refractivity contribution in [3.63, 3.8) is 0 Å². The molecule has 2 aliphatic rings. The molecule has 0 bridgehead atoms. The molecule has 2 fully saturated rings. The Labute approximate surface area is 110 Å². The highest BCUT2D eigenvalue weighted by Crippen LogP contribution is 2.47. The van der Waals surface area contributed by atoms with Gasteiger partial charge in [0, 0.05) is 11.8 Å².